The van der Waals surface area contributed by atoms with Gasteiger partial charge in [0.05, 0.1) is 0 Å². The molecule has 0 aliphatic heterocycles. The summed E-state index contributed by atoms with van der Waals surface area (Å²) in [6.45, 7) is 7.75. The summed E-state index contributed by atoms with van der Waals surface area (Å²) < 4.78 is 7.01. The van der Waals surface area contributed by atoms with Gasteiger partial charge in [-0.1, -0.05) is 0 Å². The molecule has 0 atom stereocenters. The lowest BCUT2D eigenvalue weighted by molar-refractivity contribution is 0.145. The molecule has 0 saturated carbocycles. The number of guanidine groups is 1. The van der Waals surface area contributed by atoms with E-state index < -0.39 is 0 Å². The predicted octanol–water partition coefficient (Wildman–Crippen LogP) is 0.915. The molecule has 0 spiro atoms. The minimum atomic E-state index is 0. The Kier molecular flexibility index (Phi) is 11.4. The Morgan fingerprint density at radius 1 is 1.40 bits per heavy atom. The number of hydrogen-bond donors (Lipinski definition) is 2. The third kappa shape index (κ3) is 7.63. The smallest absolute Gasteiger partial charge is 0.191 e. The van der Waals surface area contributed by atoms with Crippen LogP contribution in [0.3, 0.4) is 0 Å². The molecule has 1 aromatic heterocycles. The van der Waals surface area contributed by atoms with Crippen LogP contribution in [0.25, 0.3) is 0 Å². The highest BCUT2D eigenvalue weighted by Crippen LogP contribution is 1.93. The molecule has 20 heavy (non-hydrogen) atoms. The Hall–Kier alpha value is -0.900. The molecule has 1 heterocycles. The van der Waals surface area contributed by atoms with Gasteiger partial charge in [-0.25, -0.2) is 9.98 Å². The fourth-order valence-electron chi connectivity index (χ4n) is 1.48. The first-order valence-corrected chi connectivity index (χ1v) is 6.70. The molecule has 0 saturated heterocycles. The minimum Gasteiger partial charge on any atom is -0.382 e. The van der Waals surface area contributed by atoms with Crippen molar-refractivity contribution in [2.45, 2.75) is 26.8 Å². The maximum absolute atomic E-state index is 5.29. The SMILES string of the molecule is CCNC(=NCc1ncnn1C)NCCCOCC.I. The van der Waals surface area contributed by atoms with E-state index in [0.717, 1.165) is 44.5 Å². The second-order valence-electron chi connectivity index (χ2n) is 3.97. The zero-order valence-electron chi connectivity index (χ0n) is 12.4. The van der Waals surface area contributed by atoms with E-state index in [1.54, 1.807) is 4.68 Å². The van der Waals surface area contributed by atoms with Gasteiger partial charge in [0.25, 0.3) is 0 Å². The van der Waals surface area contributed by atoms with E-state index in [1.165, 1.54) is 6.33 Å². The van der Waals surface area contributed by atoms with Crippen LogP contribution in [-0.4, -0.2) is 47.0 Å². The Labute approximate surface area is 137 Å². The van der Waals surface area contributed by atoms with Gasteiger partial charge in [0.2, 0.25) is 0 Å². The molecular weight excluding hydrogens is 371 g/mol. The zero-order chi connectivity index (χ0) is 13.9. The Morgan fingerprint density at radius 3 is 2.80 bits per heavy atom. The first-order valence-electron chi connectivity index (χ1n) is 6.70. The highest BCUT2D eigenvalue weighted by atomic mass is 127. The van der Waals surface area contributed by atoms with Gasteiger partial charge in [0, 0.05) is 33.4 Å². The molecule has 0 radical (unpaired) electrons. The van der Waals surface area contributed by atoms with Crippen molar-refractivity contribution in [3.8, 4) is 0 Å². The molecule has 2 N–H and O–H groups in total. The Bertz CT molecular complexity index is 382. The van der Waals surface area contributed by atoms with Gasteiger partial charge in [-0.2, -0.15) is 5.10 Å². The van der Waals surface area contributed by atoms with E-state index >= 15 is 0 Å². The van der Waals surface area contributed by atoms with Crippen LogP contribution in [0, 0.1) is 0 Å². The summed E-state index contributed by atoms with van der Waals surface area (Å²) in [6, 6.07) is 0. The van der Waals surface area contributed by atoms with Crippen LogP contribution in [0.1, 0.15) is 26.1 Å². The van der Waals surface area contributed by atoms with Crippen molar-refractivity contribution in [1.29, 1.82) is 0 Å². The summed E-state index contributed by atoms with van der Waals surface area (Å²) in [4.78, 5) is 8.60. The average Bonchev–Trinajstić information content (AvgIpc) is 2.81. The lowest BCUT2D eigenvalue weighted by atomic mass is 10.4. The van der Waals surface area contributed by atoms with E-state index in [-0.39, 0.29) is 24.0 Å². The zero-order valence-corrected chi connectivity index (χ0v) is 14.8. The number of aryl methyl sites for hydroxylation is 1. The number of halogens is 1. The standard InChI is InChI=1S/C12H24N6O.HI/c1-4-13-12(14-7-6-8-19-5-2)15-9-11-16-10-17-18(11)3;/h10H,4-9H2,1-3H3,(H2,13,14,15);1H. The largest absolute Gasteiger partial charge is 0.382 e. The summed E-state index contributed by atoms with van der Waals surface area (Å²) in [6.07, 6.45) is 2.50. The third-order valence-corrected chi connectivity index (χ3v) is 2.49. The van der Waals surface area contributed by atoms with Gasteiger partial charge >= 0.3 is 0 Å². The summed E-state index contributed by atoms with van der Waals surface area (Å²) in [7, 11) is 1.86. The molecule has 0 fully saturated rings. The molecule has 0 amide bonds. The number of ether oxygens (including phenoxy) is 1. The molecular formula is C12H25IN6O. The average molecular weight is 396 g/mol. The van der Waals surface area contributed by atoms with Gasteiger partial charge in [0.15, 0.2) is 5.96 Å². The summed E-state index contributed by atoms with van der Waals surface area (Å²) in [5, 5.41) is 10.5. The third-order valence-electron chi connectivity index (χ3n) is 2.49. The molecule has 0 aliphatic carbocycles. The van der Waals surface area contributed by atoms with Gasteiger partial charge < -0.3 is 15.4 Å². The van der Waals surface area contributed by atoms with Gasteiger partial charge in [-0.15, -0.1) is 24.0 Å². The van der Waals surface area contributed by atoms with Crippen molar-refractivity contribution >= 4 is 29.9 Å². The highest BCUT2D eigenvalue weighted by molar-refractivity contribution is 14.0. The van der Waals surface area contributed by atoms with E-state index in [1.807, 2.05) is 20.9 Å². The topological polar surface area (TPSA) is 76.4 Å². The molecule has 0 unspecified atom stereocenters. The summed E-state index contributed by atoms with van der Waals surface area (Å²) >= 11 is 0. The molecule has 116 valence electrons. The van der Waals surface area contributed by atoms with Gasteiger partial charge in [-0.3, -0.25) is 4.68 Å². The molecule has 0 aromatic carbocycles. The lowest BCUT2D eigenvalue weighted by Crippen LogP contribution is -2.38. The maximum Gasteiger partial charge on any atom is 0.191 e. The minimum absolute atomic E-state index is 0. The number of rotatable bonds is 8. The molecule has 8 heteroatoms. The Morgan fingerprint density at radius 2 is 2.20 bits per heavy atom. The highest BCUT2D eigenvalue weighted by Gasteiger charge is 2.01. The summed E-state index contributed by atoms with van der Waals surface area (Å²) in [5.74, 6) is 1.63. The van der Waals surface area contributed by atoms with Crippen LogP contribution in [0.5, 0.6) is 0 Å². The van der Waals surface area contributed by atoms with Crippen LogP contribution in [0.2, 0.25) is 0 Å². The number of nitrogens with one attached hydrogen (secondary N) is 2. The second-order valence-corrected chi connectivity index (χ2v) is 3.97. The quantitative estimate of drug-likeness (QED) is 0.296. The van der Waals surface area contributed by atoms with E-state index in [9.17, 15) is 0 Å². The fraction of sp³-hybridized carbons (Fsp3) is 0.750. The number of aliphatic imine (C=N–C) groups is 1. The van der Waals surface area contributed by atoms with Crippen LogP contribution in [-0.2, 0) is 18.3 Å². The molecule has 0 bridgehead atoms. The van der Waals surface area contributed by atoms with Crippen molar-refractivity contribution < 1.29 is 4.74 Å². The van der Waals surface area contributed by atoms with E-state index in [0.29, 0.717) is 6.54 Å². The first kappa shape index (κ1) is 19.1. The molecule has 7 nitrogen and oxygen atoms in total. The summed E-state index contributed by atoms with van der Waals surface area (Å²) in [5.41, 5.74) is 0. The van der Waals surface area contributed by atoms with Crippen molar-refractivity contribution in [3.63, 3.8) is 0 Å². The molecule has 1 aromatic rings. The maximum atomic E-state index is 5.29. The molecule has 0 aliphatic rings. The van der Waals surface area contributed by atoms with Crippen molar-refractivity contribution in [3.05, 3.63) is 12.2 Å². The number of aromatic nitrogens is 3. The fourth-order valence-corrected chi connectivity index (χ4v) is 1.48. The van der Waals surface area contributed by atoms with E-state index in [4.69, 9.17) is 4.74 Å². The molecule has 1 rings (SSSR count). The van der Waals surface area contributed by atoms with Crippen molar-refractivity contribution in [2.75, 3.05) is 26.3 Å². The predicted molar refractivity (Wildman–Crippen MR) is 90.3 cm³/mol. The lowest BCUT2D eigenvalue weighted by Gasteiger charge is -2.11. The number of hydrogen-bond acceptors (Lipinski definition) is 4. The van der Waals surface area contributed by atoms with Crippen LogP contribution in [0.15, 0.2) is 11.3 Å². The van der Waals surface area contributed by atoms with Crippen LogP contribution < -0.4 is 10.6 Å². The second kappa shape index (κ2) is 11.9. The first-order chi connectivity index (χ1) is 9.27. The van der Waals surface area contributed by atoms with Crippen molar-refractivity contribution in [1.82, 2.24) is 25.4 Å². The van der Waals surface area contributed by atoms with Crippen molar-refractivity contribution in [2.24, 2.45) is 12.0 Å². The number of nitrogens with zero attached hydrogens (tertiary/aromatic N) is 4. The monoisotopic (exact) mass is 396 g/mol. The van der Waals surface area contributed by atoms with Crippen LogP contribution in [0.4, 0.5) is 0 Å². The normalized spacial score (nSPS) is 11.1. The Balaban J connectivity index is 0.00000361. The van der Waals surface area contributed by atoms with E-state index in [2.05, 4.69) is 25.7 Å². The van der Waals surface area contributed by atoms with Crippen LogP contribution >= 0.6 is 24.0 Å². The van der Waals surface area contributed by atoms with Gasteiger partial charge in [0.1, 0.15) is 18.7 Å². The van der Waals surface area contributed by atoms with Gasteiger partial charge in [-0.05, 0) is 20.3 Å².